The van der Waals surface area contributed by atoms with Gasteiger partial charge in [-0.2, -0.15) is 13.2 Å². The van der Waals surface area contributed by atoms with Crippen LogP contribution in [0.15, 0.2) is 53.5 Å². The Morgan fingerprint density at radius 1 is 1.16 bits per heavy atom. The fourth-order valence-corrected chi connectivity index (χ4v) is 4.57. The monoisotopic (exact) mass is 444 g/mol. The summed E-state index contributed by atoms with van der Waals surface area (Å²) >= 11 is 0. The lowest BCUT2D eigenvalue weighted by Gasteiger charge is -2.43. The number of amides is 1. The molecule has 2 aromatic carbocycles. The molecule has 32 heavy (non-hydrogen) atoms. The zero-order valence-corrected chi connectivity index (χ0v) is 17.9. The smallest absolute Gasteiger partial charge is 0.356 e. The van der Waals surface area contributed by atoms with Crippen LogP contribution in [0.25, 0.3) is 0 Å². The second-order valence-electron chi connectivity index (χ2n) is 8.56. The summed E-state index contributed by atoms with van der Waals surface area (Å²) in [6, 6.07) is 13.4. The van der Waals surface area contributed by atoms with Crippen molar-refractivity contribution in [3.8, 4) is 0 Å². The number of carbonyl (C=O) groups is 1. The Balaban J connectivity index is 1.41. The molecule has 2 aliphatic rings. The molecule has 1 heterocycles. The molecule has 170 valence electrons. The van der Waals surface area contributed by atoms with Crippen LogP contribution in [0.2, 0.25) is 0 Å². The quantitative estimate of drug-likeness (QED) is 0.473. The minimum absolute atomic E-state index is 0.0135. The number of aliphatic imine (C=N–C) groups is 1. The van der Waals surface area contributed by atoms with Crippen molar-refractivity contribution in [1.29, 1.82) is 0 Å². The van der Waals surface area contributed by atoms with Gasteiger partial charge in [0, 0.05) is 43.6 Å². The number of nitrogens with zero attached hydrogens (tertiary/aromatic N) is 1. The second kappa shape index (κ2) is 8.84. The maximum atomic E-state index is 13.2. The summed E-state index contributed by atoms with van der Waals surface area (Å²) in [4.78, 5) is 16.3. The number of benzene rings is 2. The zero-order chi connectivity index (χ0) is 22.8. The van der Waals surface area contributed by atoms with Crippen LogP contribution >= 0.6 is 0 Å². The minimum Gasteiger partial charge on any atom is -0.356 e. The number of para-hydroxylation sites is 1. The summed E-state index contributed by atoms with van der Waals surface area (Å²) in [6.45, 7) is 1.02. The number of halogens is 3. The molecule has 5 nitrogen and oxygen atoms in total. The number of alkyl halides is 3. The molecule has 0 radical (unpaired) electrons. The van der Waals surface area contributed by atoms with Gasteiger partial charge >= 0.3 is 6.18 Å². The van der Waals surface area contributed by atoms with E-state index in [0.29, 0.717) is 31.0 Å². The van der Waals surface area contributed by atoms with E-state index in [0.717, 1.165) is 36.6 Å². The molecule has 0 aromatic heterocycles. The third-order valence-corrected chi connectivity index (χ3v) is 6.55. The molecule has 1 unspecified atom stereocenters. The molecule has 1 saturated carbocycles. The maximum Gasteiger partial charge on any atom is 0.416 e. The van der Waals surface area contributed by atoms with Crippen molar-refractivity contribution < 1.29 is 18.0 Å². The van der Waals surface area contributed by atoms with Crippen LogP contribution in [0.5, 0.6) is 0 Å². The van der Waals surface area contributed by atoms with E-state index in [1.54, 1.807) is 13.1 Å². The molecule has 0 bridgehead atoms. The second-order valence-corrected chi connectivity index (χ2v) is 8.56. The van der Waals surface area contributed by atoms with E-state index >= 15 is 0 Å². The highest BCUT2D eigenvalue weighted by atomic mass is 19.4. The molecule has 0 spiro atoms. The van der Waals surface area contributed by atoms with Crippen LogP contribution in [0.3, 0.4) is 0 Å². The van der Waals surface area contributed by atoms with Crippen LogP contribution in [0, 0.1) is 0 Å². The number of fused-ring (bicyclic) bond motifs is 1. The van der Waals surface area contributed by atoms with E-state index in [1.807, 2.05) is 24.3 Å². The average Bonchev–Trinajstić information content (AvgIpc) is 2.74. The van der Waals surface area contributed by atoms with Crippen molar-refractivity contribution in [2.45, 2.75) is 43.2 Å². The lowest BCUT2D eigenvalue weighted by molar-refractivity contribution is -0.137. The van der Waals surface area contributed by atoms with Gasteiger partial charge in [-0.15, -0.1) is 0 Å². The standard InChI is InChI=1S/C24H27F3N4O/c1-28-22(29-14-16-12-21(32)31-20-9-3-2-8-19(16)20)30-15-23(10-5-11-23)17-6-4-7-18(13-17)24(25,26)27/h2-4,6-9,13,16H,5,10-12,14-15H2,1H3,(H,31,32)(H2,28,29,30). The number of hydrogen-bond donors (Lipinski definition) is 3. The number of carbonyl (C=O) groups excluding carboxylic acids is 1. The van der Waals surface area contributed by atoms with Crippen molar-refractivity contribution in [3.63, 3.8) is 0 Å². The van der Waals surface area contributed by atoms with E-state index in [9.17, 15) is 18.0 Å². The molecule has 1 atom stereocenters. The van der Waals surface area contributed by atoms with Crippen LogP contribution in [0.4, 0.5) is 18.9 Å². The Labute approximate surface area is 185 Å². The number of rotatable bonds is 5. The fraction of sp³-hybridized carbons (Fsp3) is 0.417. The van der Waals surface area contributed by atoms with Gasteiger partial charge < -0.3 is 16.0 Å². The molecule has 8 heteroatoms. The van der Waals surface area contributed by atoms with Crippen molar-refractivity contribution in [3.05, 3.63) is 65.2 Å². The molecular weight excluding hydrogens is 417 g/mol. The van der Waals surface area contributed by atoms with Gasteiger partial charge in [-0.1, -0.05) is 42.8 Å². The van der Waals surface area contributed by atoms with Gasteiger partial charge in [-0.05, 0) is 36.1 Å². The van der Waals surface area contributed by atoms with Crippen LogP contribution in [-0.4, -0.2) is 32.0 Å². The van der Waals surface area contributed by atoms with Gasteiger partial charge in [0.25, 0.3) is 0 Å². The highest BCUT2D eigenvalue weighted by molar-refractivity contribution is 5.94. The van der Waals surface area contributed by atoms with Gasteiger partial charge in [-0.3, -0.25) is 9.79 Å². The number of nitrogens with one attached hydrogen (secondary N) is 3. The van der Waals surface area contributed by atoms with E-state index in [4.69, 9.17) is 0 Å². The first-order chi connectivity index (χ1) is 15.3. The Kier molecular flexibility index (Phi) is 6.13. The molecule has 1 amide bonds. The first-order valence-electron chi connectivity index (χ1n) is 10.8. The maximum absolute atomic E-state index is 13.2. The molecule has 2 aromatic rings. The summed E-state index contributed by atoms with van der Waals surface area (Å²) in [7, 11) is 1.66. The van der Waals surface area contributed by atoms with Gasteiger partial charge in [-0.25, -0.2) is 0 Å². The third-order valence-electron chi connectivity index (χ3n) is 6.55. The number of hydrogen-bond acceptors (Lipinski definition) is 2. The van der Waals surface area contributed by atoms with Gasteiger partial charge in [0.2, 0.25) is 5.91 Å². The van der Waals surface area contributed by atoms with E-state index in [-0.39, 0.29) is 17.2 Å². The Bertz CT molecular complexity index is 1010. The minimum atomic E-state index is -4.35. The molecule has 4 rings (SSSR count). The Hall–Kier alpha value is -3.03. The SMILES string of the molecule is CN=C(NCC1CC(=O)Nc2ccccc21)NCC1(c2cccc(C(F)(F)F)c2)CCC1. The van der Waals surface area contributed by atoms with Crippen molar-refractivity contribution in [1.82, 2.24) is 10.6 Å². The lowest BCUT2D eigenvalue weighted by atomic mass is 9.64. The highest BCUT2D eigenvalue weighted by Crippen LogP contribution is 2.44. The molecule has 3 N–H and O–H groups in total. The van der Waals surface area contributed by atoms with Crippen molar-refractivity contribution >= 4 is 17.6 Å². The lowest BCUT2D eigenvalue weighted by Crippen LogP contribution is -2.49. The predicted octanol–water partition coefficient (Wildman–Crippen LogP) is 4.42. The first kappa shape index (κ1) is 22.2. The molecule has 1 fully saturated rings. The summed E-state index contributed by atoms with van der Waals surface area (Å²) in [6.07, 6.45) is -1.33. The topological polar surface area (TPSA) is 65.5 Å². The predicted molar refractivity (Wildman–Crippen MR) is 119 cm³/mol. The zero-order valence-electron chi connectivity index (χ0n) is 17.9. The van der Waals surface area contributed by atoms with E-state index in [2.05, 4.69) is 20.9 Å². The van der Waals surface area contributed by atoms with Gasteiger partial charge in [0.1, 0.15) is 0 Å². The van der Waals surface area contributed by atoms with Crippen LogP contribution in [-0.2, 0) is 16.4 Å². The molecular formula is C24H27F3N4O. The summed E-state index contributed by atoms with van der Waals surface area (Å²) in [5.41, 5.74) is 1.67. The van der Waals surface area contributed by atoms with Crippen LogP contribution < -0.4 is 16.0 Å². The number of anilines is 1. The highest BCUT2D eigenvalue weighted by Gasteiger charge is 2.40. The fourth-order valence-electron chi connectivity index (χ4n) is 4.57. The Morgan fingerprint density at radius 3 is 2.62 bits per heavy atom. The summed E-state index contributed by atoms with van der Waals surface area (Å²) in [5.74, 6) is 0.572. The Morgan fingerprint density at radius 2 is 1.94 bits per heavy atom. The first-order valence-corrected chi connectivity index (χ1v) is 10.8. The van der Waals surface area contributed by atoms with Crippen molar-refractivity contribution in [2.75, 3.05) is 25.5 Å². The van der Waals surface area contributed by atoms with Crippen LogP contribution in [0.1, 0.15) is 48.3 Å². The molecule has 1 aliphatic heterocycles. The normalized spacial score (nSPS) is 20.1. The van der Waals surface area contributed by atoms with E-state index < -0.39 is 11.7 Å². The van der Waals surface area contributed by atoms with E-state index in [1.165, 1.54) is 12.1 Å². The average molecular weight is 445 g/mol. The summed E-state index contributed by atoms with van der Waals surface area (Å²) < 4.78 is 39.6. The molecule has 1 aliphatic carbocycles. The van der Waals surface area contributed by atoms with Gasteiger partial charge in [0.05, 0.1) is 5.56 Å². The summed E-state index contributed by atoms with van der Waals surface area (Å²) in [5, 5.41) is 9.48. The third kappa shape index (κ3) is 4.59. The van der Waals surface area contributed by atoms with Crippen molar-refractivity contribution in [2.24, 2.45) is 4.99 Å². The number of guanidine groups is 1. The largest absolute Gasteiger partial charge is 0.416 e. The van der Waals surface area contributed by atoms with Gasteiger partial charge in [0.15, 0.2) is 5.96 Å². The molecule has 0 saturated heterocycles.